The third-order valence-electron chi connectivity index (χ3n) is 3.12. The topological polar surface area (TPSA) is 67.9 Å². The van der Waals surface area contributed by atoms with Crippen LogP contribution < -0.4 is 10.6 Å². The van der Waals surface area contributed by atoms with Gasteiger partial charge in [0.1, 0.15) is 0 Å². The Labute approximate surface area is 114 Å². The largest absolute Gasteiger partial charge is 0.339 e. The number of amides is 3. The summed E-state index contributed by atoms with van der Waals surface area (Å²) in [5.74, 6) is 0.132. The standard InChI is InChI=1S/C12H25N5O2/c1-15(2)12(19)14-5-4-13-10-11(18)17-8-6-16(3)7-9-17/h13H,4-10H2,1-3H3,(H,14,19). The monoisotopic (exact) mass is 271 g/mol. The van der Waals surface area contributed by atoms with Crippen LogP contribution in [0.4, 0.5) is 4.79 Å². The highest BCUT2D eigenvalue weighted by Crippen LogP contribution is 1.98. The average molecular weight is 271 g/mol. The second-order valence-corrected chi connectivity index (χ2v) is 4.99. The van der Waals surface area contributed by atoms with Crippen molar-refractivity contribution in [2.75, 3.05) is 67.0 Å². The lowest BCUT2D eigenvalue weighted by Gasteiger charge is -2.32. The van der Waals surface area contributed by atoms with Gasteiger partial charge >= 0.3 is 6.03 Å². The molecule has 7 nitrogen and oxygen atoms in total. The number of hydrogen-bond donors (Lipinski definition) is 2. The molecule has 0 bridgehead atoms. The Morgan fingerprint density at radius 1 is 1.11 bits per heavy atom. The van der Waals surface area contributed by atoms with Gasteiger partial charge in [0.15, 0.2) is 0 Å². The number of carbonyl (C=O) groups excluding carboxylic acids is 2. The Bertz CT molecular complexity index is 300. The van der Waals surface area contributed by atoms with E-state index in [-0.39, 0.29) is 11.9 Å². The van der Waals surface area contributed by atoms with Crippen LogP contribution in [-0.4, -0.2) is 93.6 Å². The van der Waals surface area contributed by atoms with Gasteiger partial charge in [0.05, 0.1) is 6.54 Å². The number of nitrogens with zero attached hydrogens (tertiary/aromatic N) is 3. The molecule has 0 radical (unpaired) electrons. The van der Waals surface area contributed by atoms with Gasteiger partial charge in [0.25, 0.3) is 0 Å². The molecule has 0 saturated carbocycles. The first-order valence-electron chi connectivity index (χ1n) is 6.63. The maximum atomic E-state index is 11.9. The smallest absolute Gasteiger partial charge is 0.316 e. The Kier molecular flexibility index (Phi) is 6.58. The molecule has 0 aromatic heterocycles. The zero-order valence-electron chi connectivity index (χ0n) is 12.1. The normalized spacial score (nSPS) is 16.3. The molecular weight excluding hydrogens is 246 g/mol. The highest BCUT2D eigenvalue weighted by atomic mass is 16.2. The quantitative estimate of drug-likeness (QED) is 0.605. The van der Waals surface area contributed by atoms with Crippen molar-refractivity contribution in [3.05, 3.63) is 0 Å². The number of nitrogens with one attached hydrogen (secondary N) is 2. The summed E-state index contributed by atoms with van der Waals surface area (Å²) in [6.45, 7) is 4.92. The van der Waals surface area contributed by atoms with Crippen molar-refractivity contribution in [2.24, 2.45) is 0 Å². The van der Waals surface area contributed by atoms with Crippen LogP contribution in [0.3, 0.4) is 0 Å². The van der Waals surface area contributed by atoms with E-state index in [0.717, 1.165) is 26.2 Å². The van der Waals surface area contributed by atoms with Crippen LogP contribution in [0, 0.1) is 0 Å². The third-order valence-corrected chi connectivity index (χ3v) is 3.12. The SMILES string of the molecule is CN1CCN(C(=O)CNCCNC(=O)N(C)C)CC1. The Morgan fingerprint density at radius 2 is 1.74 bits per heavy atom. The first kappa shape index (κ1) is 15.7. The van der Waals surface area contributed by atoms with Crippen molar-refractivity contribution >= 4 is 11.9 Å². The van der Waals surface area contributed by atoms with Crippen molar-refractivity contribution in [1.82, 2.24) is 25.3 Å². The van der Waals surface area contributed by atoms with Crippen molar-refractivity contribution in [3.63, 3.8) is 0 Å². The van der Waals surface area contributed by atoms with Gasteiger partial charge in [-0.05, 0) is 7.05 Å². The van der Waals surface area contributed by atoms with E-state index < -0.39 is 0 Å². The lowest BCUT2D eigenvalue weighted by molar-refractivity contribution is -0.131. The van der Waals surface area contributed by atoms with Crippen LogP contribution in [-0.2, 0) is 4.79 Å². The molecule has 1 saturated heterocycles. The minimum atomic E-state index is -0.118. The number of urea groups is 1. The molecular formula is C12H25N5O2. The zero-order chi connectivity index (χ0) is 14.3. The van der Waals surface area contributed by atoms with Gasteiger partial charge in [-0.15, -0.1) is 0 Å². The van der Waals surface area contributed by atoms with E-state index >= 15 is 0 Å². The summed E-state index contributed by atoms with van der Waals surface area (Å²) in [5, 5.41) is 5.78. The van der Waals surface area contributed by atoms with Crippen molar-refractivity contribution < 1.29 is 9.59 Å². The molecule has 1 aliphatic rings. The molecule has 1 aliphatic heterocycles. The summed E-state index contributed by atoms with van der Waals surface area (Å²) >= 11 is 0. The Morgan fingerprint density at radius 3 is 2.32 bits per heavy atom. The van der Waals surface area contributed by atoms with Gasteiger partial charge in [-0.25, -0.2) is 4.79 Å². The van der Waals surface area contributed by atoms with E-state index in [0.29, 0.717) is 19.6 Å². The van der Waals surface area contributed by atoms with Gasteiger partial charge < -0.3 is 25.3 Å². The summed E-state index contributed by atoms with van der Waals surface area (Å²) in [7, 11) is 5.45. The first-order chi connectivity index (χ1) is 9.00. The van der Waals surface area contributed by atoms with Gasteiger partial charge in [-0.3, -0.25) is 4.79 Å². The maximum absolute atomic E-state index is 11.9. The van der Waals surface area contributed by atoms with Gasteiger partial charge in [0, 0.05) is 53.4 Å². The minimum absolute atomic E-state index is 0.118. The lowest BCUT2D eigenvalue weighted by atomic mass is 10.3. The summed E-state index contributed by atoms with van der Waals surface area (Å²) in [6.07, 6.45) is 0. The fourth-order valence-electron chi connectivity index (χ4n) is 1.78. The number of likely N-dealkylation sites (N-methyl/N-ethyl adjacent to an activating group) is 1. The average Bonchev–Trinajstić information content (AvgIpc) is 2.38. The van der Waals surface area contributed by atoms with E-state index in [9.17, 15) is 9.59 Å². The van der Waals surface area contributed by atoms with E-state index in [2.05, 4.69) is 22.6 Å². The number of piperazine rings is 1. The molecule has 110 valence electrons. The fourth-order valence-corrected chi connectivity index (χ4v) is 1.78. The van der Waals surface area contributed by atoms with Crippen molar-refractivity contribution in [2.45, 2.75) is 0 Å². The number of hydrogen-bond acceptors (Lipinski definition) is 4. The van der Waals surface area contributed by atoms with Crippen LogP contribution in [0.25, 0.3) is 0 Å². The van der Waals surface area contributed by atoms with E-state index in [1.54, 1.807) is 14.1 Å². The lowest BCUT2D eigenvalue weighted by Crippen LogP contribution is -2.50. The van der Waals surface area contributed by atoms with Gasteiger partial charge in [-0.2, -0.15) is 0 Å². The van der Waals surface area contributed by atoms with Crippen LogP contribution in [0.1, 0.15) is 0 Å². The molecule has 0 spiro atoms. The van der Waals surface area contributed by atoms with Crippen molar-refractivity contribution in [1.29, 1.82) is 0 Å². The van der Waals surface area contributed by atoms with E-state index in [4.69, 9.17) is 0 Å². The second kappa shape index (κ2) is 7.96. The molecule has 1 rings (SSSR count). The molecule has 1 heterocycles. The summed E-state index contributed by atoms with van der Waals surface area (Å²) in [6, 6.07) is -0.118. The molecule has 19 heavy (non-hydrogen) atoms. The predicted molar refractivity (Wildman–Crippen MR) is 74.0 cm³/mol. The molecule has 0 unspecified atom stereocenters. The van der Waals surface area contributed by atoms with Gasteiger partial charge in [0.2, 0.25) is 5.91 Å². The molecule has 7 heteroatoms. The number of rotatable bonds is 5. The minimum Gasteiger partial charge on any atom is -0.339 e. The highest BCUT2D eigenvalue weighted by Gasteiger charge is 2.18. The molecule has 0 aliphatic carbocycles. The first-order valence-corrected chi connectivity index (χ1v) is 6.63. The molecule has 0 aromatic rings. The third kappa shape index (κ3) is 5.89. The van der Waals surface area contributed by atoms with E-state index in [1.807, 2.05) is 4.90 Å². The summed E-state index contributed by atoms with van der Waals surface area (Å²) < 4.78 is 0. The molecule has 1 fully saturated rings. The van der Waals surface area contributed by atoms with Gasteiger partial charge in [-0.1, -0.05) is 0 Å². The highest BCUT2D eigenvalue weighted by molar-refractivity contribution is 5.78. The summed E-state index contributed by atoms with van der Waals surface area (Å²) in [5.41, 5.74) is 0. The van der Waals surface area contributed by atoms with Crippen molar-refractivity contribution in [3.8, 4) is 0 Å². The van der Waals surface area contributed by atoms with Crippen LogP contribution in [0.2, 0.25) is 0 Å². The summed E-state index contributed by atoms with van der Waals surface area (Å²) in [4.78, 5) is 28.7. The molecule has 0 atom stereocenters. The predicted octanol–water partition coefficient (Wildman–Crippen LogP) is -1.38. The van der Waals surface area contributed by atoms with Crippen LogP contribution in [0.15, 0.2) is 0 Å². The van der Waals surface area contributed by atoms with E-state index in [1.165, 1.54) is 4.90 Å². The maximum Gasteiger partial charge on any atom is 0.316 e. The zero-order valence-corrected chi connectivity index (χ0v) is 12.1. The molecule has 2 N–H and O–H groups in total. The van der Waals surface area contributed by atoms with Crippen LogP contribution in [0.5, 0.6) is 0 Å². The Hall–Kier alpha value is -1.34. The molecule has 0 aromatic carbocycles. The fraction of sp³-hybridized carbons (Fsp3) is 0.833. The number of carbonyl (C=O) groups is 2. The van der Waals surface area contributed by atoms with Crippen LogP contribution >= 0.6 is 0 Å². The second-order valence-electron chi connectivity index (χ2n) is 4.99. The molecule has 3 amide bonds. The Balaban J connectivity index is 2.06.